The lowest BCUT2D eigenvalue weighted by atomic mass is 10.0. The average molecular weight is 190 g/mol. The van der Waals surface area contributed by atoms with Gasteiger partial charge in [0, 0.05) is 5.25 Å². The molecule has 0 saturated carbocycles. The van der Waals surface area contributed by atoms with Gasteiger partial charge in [-0.3, -0.25) is 4.18 Å². The van der Waals surface area contributed by atoms with E-state index in [-0.39, 0.29) is 17.3 Å². The molecule has 0 amide bonds. The van der Waals surface area contributed by atoms with Gasteiger partial charge in [-0.25, -0.2) is 4.21 Å². The predicted octanol–water partition coefficient (Wildman–Crippen LogP) is 1.35. The molecule has 0 aliphatic carbocycles. The summed E-state index contributed by atoms with van der Waals surface area (Å²) in [5, 5.41) is 0.226. The lowest BCUT2D eigenvalue weighted by molar-refractivity contribution is 0.201. The van der Waals surface area contributed by atoms with Gasteiger partial charge in [0.05, 0.1) is 12.0 Å². The molecule has 0 aromatic rings. The second-order valence-electron chi connectivity index (χ2n) is 2.50. The molecule has 0 radical (unpaired) electrons. The fourth-order valence-corrected chi connectivity index (χ4v) is 3.73. The number of rotatable bonds is 0. The molecule has 0 bridgehead atoms. The summed E-state index contributed by atoms with van der Waals surface area (Å²) < 4.78 is 16.0. The maximum absolute atomic E-state index is 10.9. The highest BCUT2D eigenvalue weighted by molar-refractivity contribution is 8.67. The quantitative estimate of drug-likeness (QED) is 0.426. The molecule has 1 aliphatic rings. The Morgan fingerprint density at radius 2 is 2.27 bits per heavy atom. The van der Waals surface area contributed by atoms with Crippen LogP contribution in [0.3, 0.4) is 0 Å². The highest BCUT2D eigenvalue weighted by atomic mass is 33.1. The van der Waals surface area contributed by atoms with E-state index in [1.165, 1.54) is 10.8 Å². The zero-order chi connectivity index (χ0) is 8.43. The van der Waals surface area contributed by atoms with Gasteiger partial charge in [0.1, 0.15) is 0 Å². The first-order valence-electron chi connectivity index (χ1n) is 3.37. The molecule has 1 aliphatic heterocycles. The van der Waals surface area contributed by atoms with Crippen molar-refractivity contribution in [1.82, 2.24) is 0 Å². The molecule has 0 N–H and O–H groups in total. The second-order valence-corrected chi connectivity index (χ2v) is 5.43. The van der Waals surface area contributed by atoms with E-state index in [9.17, 15) is 4.21 Å². The zero-order valence-corrected chi connectivity index (χ0v) is 8.08. The maximum Gasteiger partial charge on any atom is 0.219 e. The Balaban J connectivity index is 2.68. The van der Waals surface area contributed by atoms with Crippen LogP contribution in [-0.4, -0.2) is 15.6 Å². The van der Waals surface area contributed by atoms with Crippen molar-refractivity contribution in [3.63, 3.8) is 0 Å². The Bertz CT molecular complexity index is 195. The van der Waals surface area contributed by atoms with Gasteiger partial charge in [-0.05, 0) is 17.7 Å². The average Bonchev–Trinajstić information content (AvgIpc) is 1.85. The molecule has 0 aromatic heterocycles. The summed E-state index contributed by atoms with van der Waals surface area (Å²) >= 11 is 0. The van der Waals surface area contributed by atoms with Gasteiger partial charge in [-0.2, -0.15) is 0 Å². The molecule has 2 nitrogen and oxygen atoms in total. The second kappa shape index (κ2) is 3.61. The highest BCUT2D eigenvalue weighted by Gasteiger charge is 2.31. The van der Waals surface area contributed by atoms with Crippen molar-refractivity contribution in [3.05, 3.63) is 0 Å². The summed E-state index contributed by atoms with van der Waals surface area (Å²) in [5.41, 5.74) is 0. The highest BCUT2D eigenvalue weighted by Crippen LogP contribution is 2.33. The van der Waals surface area contributed by atoms with Crippen molar-refractivity contribution in [3.8, 4) is 12.3 Å². The monoisotopic (exact) mass is 190 g/mol. The molecule has 0 aromatic carbocycles. The third kappa shape index (κ3) is 1.98. The molecule has 4 unspecified atom stereocenters. The first kappa shape index (κ1) is 9.11. The summed E-state index contributed by atoms with van der Waals surface area (Å²) in [7, 11) is 0.0836. The summed E-state index contributed by atoms with van der Waals surface area (Å²) in [6.07, 6.45) is 5.20. The van der Waals surface area contributed by atoms with Gasteiger partial charge in [-0.15, -0.1) is 6.42 Å². The minimum Gasteiger partial charge on any atom is -0.278 e. The first-order valence-corrected chi connectivity index (χ1v) is 5.84. The minimum atomic E-state index is -1.20. The Morgan fingerprint density at radius 1 is 1.64 bits per heavy atom. The molecule has 11 heavy (non-hydrogen) atoms. The molecule has 4 heteroatoms. The first-order chi connectivity index (χ1) is 5.15. The van der Waals surface area contributed by atoms with Gasteiger partial charge in [0.2, 0.25) is 10.1 Å². The van der Waals surface area contributed by atoms with Gasteiger partial charge in [0.25, 0.3) is 0 Å². The van der Waals surface area contributed by atoms with E-state index in [1.807, 2.05) is 13.8 Å². The normalized spacial score (nSPS) is 44.8. The zero-order valence-electron chi connectivity index (χ0n) is 6.44. The van der Waals surface area contributed by atoms with Crippen LogP contribution in [-0.2, 0) is 14.3 Å². The van der Waals surface area contributed by atoms with Gasteiger partial charge in [-0.1, -0.05) is 12.8 Å². The van der Waals surface area contributed by atoms with Crippen LogP contribution in [0.1, 0.15) is 13.8 Å². The molecule has 1 heterocycles. The van der Waals surface area contributed by atoms with Crippen LogP contribution >= 0.6 is 10.8 Å². The fraction of sp³-hybridized carbons (Fsp3) is 0.714. The SMILES string of the molecule is C#CC1C(C)OS(=O)SC1C. The van der Waals surface area contributed by atoms with Crippen molar-refractivity contribution >= 4 is 20.9 Å². The van der Waals surface area contributed by atoms with Crippen LogP contribution in [0.25, 0.3) is 0 Å². The lowest BCUT2D eigenvalue weighted by Gasteiger charge is -2.28. The maximum atomic E-state index is 10.9. The summed E-state index contributed by atoms with van der Waals surface area (Å²) in [6, 6.07) is 0. The molecular weight excluding hydrogens is 180 g/mol. The van der Waals surface area contributed by atoms with Gasteiger partial charge in [0.15, 0.2) is 0 Å². The Morgan fingerprint density at radius 3 is 2.73 bits per heavy atom. The van der Waals surface area contributed by atoms with E-state index in [2.05, 4.69) is 5.92 Å². The molecular formula is C7H10O2S2. The number of hydrogen-bond donors (Lipinski definition) is 0. The Kier molecular flexibility index (Phi) is 2.99. The predicted molar refractivity (Wildman–Crippen MR) is 48.1 cm³/mol. The Labute approximate surface area is 73.1 Å². The van der Waals surface area contributed by atoms with Crippen molar-refractivity contribution in [2.45, 2.75) is 25.2 Å². The van der Waals surface area contributed by atoms with Crippen molar-refractivity contribution in [2.24, 2.45) is 5.92 Å². The third-order valence-electron chi connectivity index (χ3n) is 1.66. The topological polar surface area (TPSA) is 26.3 Å². The lowest BCUT2D eigenvalue weighted by Crippen LogP contribution is -2.32. The van der Waals surface area contributed by atoms with E-state index in [1.54, 1.807) is 0 Å². The van der Waals surface area contributed by atoms with E-state index >= 15 is 0 Å². The minimum absolute atomic E-state index is 0.0812. The van der Waals surface area contributed by atoms with Crippen LogP contribution < -0.4 is 0 Å². The van der Waals surface area contributed by atoms with Crippen molar-refractivity contribution in [1.29, 1.82) is 0 Å². The summed E-state index contributed by atoms with van der Waals surface area (Å²) in [6.45, 7) is 3.84. The van der Waals surface area contributed by atoms with Crippen LogP contribution in [0.15, 0.2) is 0 Å². The molecule has 1 saturated heterocycles. The third-order valence-corrected chi connectivity index (χ3v) is 4.50. The van der Waals surface area contributed by atoms with E-state index < -0.39 is 10.1 Å². The molecule has 1 fully saturated rings. The molecule has 0 spiro atoms. The van der Waals surface area contributed by atoms with Gasteiger partial charge >= 0.3 is 0 Å². The molecule has 62 valence electrons. The fourth-order valence-electron chi connectivity index (χ4n) is 1.04. The van der Waals surface area contributed by atoms with Crippen LogP contribution in [0, 0.1) is 18.3 Å². The van der Waals surface area contributed by atoms with Gasteiger partial charge < -0.3 is 0 Å². The summed E-state index contributed by atoms with van der Waals surface area (Å²) in [5.74, 6) is 2.72. The number of hydrogen-bond acceptors (Lipinski definition) is 3. The van der Waals surface area contributed by atoms with E-state index in [4.69, 9.17) is 10.6 Å². The van der Waals surface area contributed by atoms with Crippen LogP contribution in [0.4, 0.5) is 0 Å². The summed E-state index contributed by atoms with van der Waals surface area (Å²) in [4.78, 5) is 0. The largest absolute Gasteiger partial charge is 0.278 e. The number of terminal acetylenes is 1. The van der Waals surface area contributed by atoms with Crippen LogP contribution in [0.5, 0.6) is 0 Å². The molecule has 1 rings (SSSR count). The van der Waals surface area contributed by atoms with E-state index in [0.29, 0.717) is 0 Å². The smallest absolute Gasteiger partial charge is 0.219 e. The molecule has 4 atom stereocenters. The Hall–Kier alpha value is 0.0200. The van der Waals surface area contributed by atoms with Crippen molar-refractivity contribution in [2.75, 3.05) is 0 Å². The van der Waals surface area contributed by atoms with Crippen LogP contribution in [0.2, 0.25) is 0 Å². The standard InChI is InChI=1S/C7H10O2S2/c1-4-7-5(2)9-11(8)10-6(7)3/h1,5-7H,2-3H3. The van der Waals surface area contributed by atoms with Crippen molar-refractivity contribution < 1.29 is 8.39 Å². The van der Waals surface area contributed by atoms with E-state index in [0.717, 1.165) is 0 Å².